The number of carbonyl (C=O) groups excluding carboxylic acids is 1. The largest absolute Gasteiger partial charge is 0.297 e. The van der Waals surface area contributed by atoms with Gasteiger partial charge in [0.2, 0.25) is 0 Å². The van der Waals surface area contributed by atoms with Gasteiger partial charge in [-0.15, -0.1) is 0 Å². The van der Waals surface area contributed by atoms with Crippen LogP contribution in [-0.2, 0) is 4.79 Å². The molecule has 1 heterocycles. The molecule has 1 rings (SSSR count). The maximum absolute atomic E-state index is 11.0. The molecular formula is C5H6Br2OS. The summed E-state index contributed by atoms with van der Waals surface area (Å²) in [6, 6.07) is 0. The normalized spacial score (nSPS) is 36.9. The molecule has 1 nitrogen and oxygen atoms in total. The molecule has 2 unspecified atom stereocenters. The van der Waals surface area contributed by atoms with E-state index >= 15 is 0 Å². The average Bonchev–Trinajstić information content (AvgIpc) is 1.83. The molecule has 0 aromatic carbocycles. The first-order valence-corrected chi connectivity index (χ1v) is 5.60. The van der Waals surface area contributed by atoms with E-state index in [2.05, 4.69) is 31.9 Å². The van der Waals surface area contributed by atoms with Crippen molar-refractivity contribution in [3.05, 3.63) is 0 Å². The summed E-state index contributed by atoms with van der Waals surface area (Å²) in [6.07, 6.45) is 0. The first kappa shape index (κ1) is 8.08. The molecule has 4 heteroatoms. The predicted molar refractivity (Wildman–Crippen MR) is 47.8 cm³/mol. The molecule has 0 bridgehead atoms. The second-order valence-electron chi connectivity index (χ2n) is 1.87. The molecular weight excluding hydrogens is 268 g/mol. The molecule has 52 valence electrons. The second-order valence-corrected chi connectivity index (χ2v) is 5.16. The van der Waals surface area contributed by atoms with E-state index in [1.807, 2.05) is 0 Å². The molecule has 0 radical (unpaired) electrons. The summed E-state index contributed by atoms with van der Waals surface area (Å²) < 4.78 is 0. The van der Waals surface area contributed by atoms with Crippen molar-refractivity contribution in [2.45, 2.75) is 9.65 Å². The lowest BCUT2D eigenvalue weighted by Gasteiger charge is -2.18. The molecule has 0 spiro atoms. The first-order chi connectivity index (χ1) is 4.22. The molecule has 2 atom stereocenters. The van der Waals surface area contributed by atoms with Gasteiger partial charge in [0.15, 0.2) is 5.78 Å². The Hall–Kier alpha value is 0.980. The third-order valence-corrected chi connectivity index (χ3v) is 4.69. The second kappa shape index (κ2) is 3.39. The fraction of sp³-hybridized carbons (Fsp3) is 0.800. The van der Waals surface area contributed by atoms with E-state index in [1.165, 1.54) is 0 Å². The topological polar surface area (TPSA) is 17.1 Å². The standard InChI is InChI=1S/C5H6Br2OS/c6-3-1-9-2-4(7)5(3)8/h3-4H,1-2H2. The number of hydrogen-bond acceptors (Lipinski definition) is 2. The van der Waals surface area contributed by atoms with Crippen molar-refractivity contribution in [3.8, 4) is 0 Å². The fourth-order valence-electron chi connectivity index (χ4n) is 0.635. The van der Waals surface area contributed by atoms with Crippen LogP contribution in [0.3, 0.4) is 0 Å². The van der Waals surface area contributed by atoms with Gasteiger partial charge in [-0.1, -0.05) is 31.9 Å². The lowest BCUT2D eigenvalue weighted by atomic mass is 10.2. The number of carbonyl (C=O) groups is 1. The van der Waals surface area contributed by atoms with E-state index in [0.29, 0.717) is 0 Å². The van der Waals surface area contributed by atoms with Crippen LogP contribution in [0.1, 0.15) is 0 Å². The molecule has 1 fully saturated rings. The Morgan fingerprint density at radius 3 is 2.11 bits per heavy atom. The van der Waals surface area contributed by atoms with E-state index in [9.17, 15) is 4.79 Å². The highest BCUT2D eigenvalue weighted by Crippen LogP contribution is 2.24. The lowest BCUT2D eigenvalue weighted by molar-refractivity contribution is -0.117. The Kier molecular flexibility index (Phi) is 3.05. The first-order valence-electron chi connectivity index (χ1n) is 2.61. The van der Waals surface area contributed by atoms with Crippen molar-refractivity contribution in [2.24, 2.45) is 0 Å². The van der Waals surface area contributed by atoms with E-state index in [1.54, 1.807) is 11.8 Å². The number of ketones is 1. The van der Waals surface area contributed by atoms with Crippen molar-refractivity contribution in [2.75, 3.05) is 11.5 Å². The highest BCUT2D eigenvalue weighted by molar-refractivity contribution is 9.10. The number of hydrogen-bond donors (Lipinski definition) is 0. The summed E-state index contributed by atoms with van der Waals surface area (Å²) in [4.78, 5) is 11.2. The van der Waals surface area contributed by atoms with Gasteiger partial charge in [-0.25, -0.2) is 0 Å². The maximum atomic E-state index is 11.0. The average molecular weight is 274 g/mol. The van der Waals surface area contributed by atoms with Gasteiger partial charge in [0.1, 0.15) is 0 Å². The quantitative estimate of drug-likeness (QED) is 0.627. The molecule has 1 aliphatic rings. The minimum absolute atomic E-state index is 0.0700. The third kappa shape index (κ3) is 1.95. The number of Topliss-reactive ketones (excluding diaryl/α,β-unsaturated/α-hetero) is 1. The molecule has 0 N–H and O–H groups in total. The van der Waals surface area contributed by atoms with Gasteiger partial charge in [0.05, 0.1) is 9.65 Å². The van der Waals surface area contributed by atoms with Crippen molar-refractivity contribution in [1.82, 2.24) is 0 Å². The van der Waals surface area contributed by atoms with Crippen LogP contribution in [0.5, 0.6) is 0 Å². The third-order valence-electron chi connectivity index (χ3n) is 1.15. The Morgan fingerprint density at radius 1 is 1.33 bits per heavy atom. The van der Waals surface area contributed by atoms with E-state index in [4.69, 9.17) is 0 Å². The van der Waals surface area contributed by atoms with Gasteiger partial charge in [-0.3, -0.25) is 4.79 Å². The molecule has 0 aliphatic carbocycles. The Labute approximate surface area is 75.2 Å². The van der Waals surface area contributed by atoms with Gasteiger partial charge in [-0.2, -0.15) is 11.8 Å². The summed E-state index contributed by atoms with van der Waals surface area (Å²) >= 11 is 8.39. The summed E-state index contributed by atoms with van der Waals surface area (Å²) in [5.41, 5.74) is 0. The van der Waals surface area contributed by atoms with Crippen LogP contribution in [-0.4, -0.2) is 26.9 Å². The maximum Gasteiger partial charge on any atom is 0.161 e. The van der Waals surface area contributed by atoms with E-state index in [-0.39, 0.29) is 15.4 Å². The molecule has 1 saturated heterocycles. The van der Waals surface area contributed by atoms with E-state index in [0.717, 1.165) is 11.5 Å². The molecule has 9 heavy (non-hydrogen) atoms. The van der Waals surface area contributed by atoms with E-state index < -0.39 is 0 Å². The van der Waals surface area contributed by atoms with Crippen LogP contribution >= 0.6 is 43.6 Å². The van der Waals surface area contributed by atoms with Crippen LogP contribution < -0.4 is 0 Å². The van der Waals surface area contributed by atoms with Crippen LogP contribution in [0.25, 0.3) is 0 Å². The minimum Gasteiger partial charge on any atom is -0.297 e. The Morgan fingerprint density at radius 2 is 1.78 bits per heavy atom. The van der Waals surface area contributed by atoms with Gasteiger partial charge in [0, 0.05) is 11.5 Å². The number of alkyl halides is 2. The summed E-state index contributed by atoms with van der Waals surface area (Å²) in [5, 5.41) is 0. The molecule has 0 saturated carbocycles. The summed E-state index contributed by atoms with van der Waals surface area (Å²) in [7, 11) is 0. The van der Waals surface area contributed by atoms with Gasteiger partial charge in [0.25, 0.3) is 0 Å². The zero-order valence-electron chi connectivity index (χ0n) is 4.64. The summed E-state index contributed by atoms with van der Waals surface area (Å²) in [5.74, 6) is 2.12. The molecule has 0 aromatic heterocycles. The van der Waals surface area contributed by atoms with Crippen LogP contribution in [0, 0.1) is 0 Å². The Balaban J connectivity index is 2.52. The van der Waals surface area contributed by atoms with Crippen molar-refractivity contribution >= 4 is 49.4 Å². The van der Waals surface area contributed by atoms with Gasteiger partial charge >= 0.3 is 0 Å². The van der Waals surface area contributed by atoms with Crippen molar-refractivity contribution in [1.29, 1.82) is 0 Å². The zero-order chi connectivity index (χ0) is 6.85. The van der Waals surface area contributed by atoms with Crippen LogP contribution in [0.4, 0.5) is 0 Å². The van der Waals surface area contributed by atoms with Crippen molar-refractivity contribution < 1.29 is 4.79 Å². The SMILES string of the molecule is O=C1C(Br)CSCC1Br. The smallest absolute Gasteiger partial charge is 0.161 e. The fourth-order valence-corrected chi connectivity index (χ4v) is 3.63. The van der Waals surface area contributed by atoms with Gasteiger partial charge < -0.3 is 0 Å². The molecule has 0 amide bonds. The number of rotatable bonds is 0. The van der Waals surface area contributed by atoms with Gasteiger partial charge in [-0.05, 0) is 0 Å². The number of halogens is 2. The number of thioether (sulfide) groups is 1. The monoisotopic (exact) mass is 272 g/mol. The molecule has 1 aliphatic heterocycles. The predicted octanol–water partition coefficient (Wildman–Crippen LogP) is 1.83. The van der Waals surface area contributed by atoms with Crippen LogP contribution in [0.15, 0.2) is 0 Å². The Bertz CT molecular complexity index is 116. The highest BCUT2D eigenvalue weighted by Gasteiger charge is 2.27. The summed E-state index contributed by atoms with van der Waals surface area (Å²) in [6.45, 7) is 0. The van der Waals surface area contributed by atoms with Crippen molar-refractivity contribution in [3.63, 3.8) is 0 Å². The highest BCUT2D eigenvalue weighted by atomic mass is 79.9. The zero-order valence-corrected chi connectivity index (χ0v) is 8.63. The molecule has 0 aromatic rings. The lowest BCUT2D eigenvalue weighted by Crippen LogP contribution is -2.32. The van der Waals surface area contributed by atoms with Crippen LogP contribution in [0.2, 0.25) is 0 Å². The minimum atomic E-state index is 0.0700.